The number of nitriles is 1. The molecule has 1 heterocycles. The van der Waals surface area contributed by atoms with Gasteiger partial charge in [0, 0.05) is 24.1 Å². The van der Waals surface area contributed by atoms with Crippen molar-refractivity contribution >= 4 is 45.7 Å². The van der Waals surface area contributed by atoms with Crippen molar-refractivity contribution in [3.8, 4) is 6.07 Å². The molecule has 0 radical (unpaired) electrons. The van der Waals surface area contributed by atoms with E-state index >= 15 is 0 Å². The Morgan fingerprint density at radius 1 is 1.14 bits per heavy atom. The van der Waals surface area contributed by atoms with Crippen molar-refractivity contribution in [1.29, 1.82) is 5.26 Å². The predicted octanol–water partition coefficient (Wildman–Crippen LogP) is 4.35. The molecule has 0 aliphatic rings. The maximum Gasteiger partial charge on any atom is 0.248 e. The van der Waals surface area contributed by atoms with E-state index in [0.29, 0.717) is 22.1 Å². The normalized spacial score (nSPS) is 10.4. The van der Waals surface area contributed by atoms with Gasteiger partial charge in [-0.2, -0.15) is 5.26 Å². The van der Waals surface area contributed by atoms with Crippen LogP contribution in [0.4, 0.5) is 16.5 Å². The summed E-state index contributed by atoms with van der Waals surface area (Å²) in [6.45, 7) is 1.48. The topological polar surface area (TPSA) is 86.1 Å². The van der Waals surface area contributed by atoms with Crippen LogP contribution in [0.25, 0.3) is 6.08 Å². The summed E-state index contributed by atoms with van der Waals surface area (Å²) in [5.41, 5.74) is 2.44. The van der Waals surface area contributed by atoms with Crippen molar-refractivity contribution < 1.29 is 9.59 Å². The molecule has 0 aliphatic heterocycles. The molecule has 0 fully saturated rings. The van der Waals surface area contributed by atoms with E-state index in [1.54, 1.807) is 35.7 Å². The Bertz CT molecular complexity index is 1050. The van der Waals surface area contributed by atoms with Crippen LogP contribution in [-0.4, -0.2) is 16.8 Å². The third-order valence-electron chi connectivity index (χ3n) is 3.72. The summed E-state index contributed by atoms with van der Waals surface area (Å²) in [6, 6.07) is 17.9. The van der Waals surface area contributed by atoms with E-state index in [2.05, 4.69) is 10.3 Å². The average Bonchev–Trinajstić information content (AvgIpc) is 3.16. The van der Waals surface area contributed by atoms with Crippen molar-refractivity contribution in [3.05, 3.63) is 77.3 Å². The number of anilines is 3. The highest BCUT2D eigenvalue weighted by molar-refractivity contribution is 7.14. The van der Waals surface area contributed by atoms with E-state index in [0.717, 1.165) is 5.69 Å². The number of amides is 2. The summed E-state index contributed by atoms with van der Waals surface area (Å²) in [6.07, 6.45) is 2.96. The van der Waals surface area contributed by atoms with Crippen LogP contribution >= 0.6 is 11.3 Å². The van der Waals surface area contributed by atoms with Crippen molar-refractivity contribution in [1.82, 2.24) is 4.98 Å². The summed E-state index contributed by atoms with van der Waals surface area (Å²) in [5.74, 6) is -0.458. The molecule has 3 rings (SSSR count). The molecule has 2 amide bonds. The molecule has 1 aromatic heterocycles. The molecule has 7 heteroatoms. The molecular weight excluding hydrogens is 372 g/mol. The highest BCUT2D eigenvalue weighted by atomic mass is 32.1. The molecule has 0 saturated heterocycles. The minimum Gasteiger partial charge on any atom is -0.323 e. The Morgan fingerprint density at radius 2 is 1.86 bits per heavy atom. The number of nitrogens with one attached hydrogen (secondary N) is 1. The van der Waals surface area contributed by atoms with Crippen LogP contribution in [0, 0.1) is 11.3 Å². The zero-order valence-corrected chi connectivity index (χ0v) is 15.8. The standard InChI is InChI=1S/C21H16N4O2S/c1-15(26)25(19-5-3-2-4-6-19)21-24-18(14-28-21)11-12-20(27)23-17-9-7-16(13-22)8-10-17/h2-12,14H,1H3,(H,23,27)/b12-11+. The first-order chi connectivity index (χ1) is 13.6. The third-order valence-corrected chi connectivity index (χ3v) is 4.56. The lowest BCUT2D eigenvalue weighted by Crippen LogP contribution is -2.22. The molecule has 2 aromatic carbocycles. The zero-order valence-electron chi connectivity index (χ0n) is 15.0. The first-order valence-corrected chi connectivity index (χ1v) is 9.25. The molecule has 3 aromatic rings. The summed E-state index contributed by atoms with van der Waals surface area (Å²) < 4.78 is 0. The van der Waals surface area contributed by atoms with Gasteiger partial charge in [0.2, 0.25) is 11.8 Å². The fourth-order valence-electron chi connectivity index (χ4n) is 2.43. The van der Waals surface area contributed by atoms with Crippen molar-refractivity contribution in [2.45, 2.75) is 6.92 Å². The van der Waals surface area contributed by atoms with E-state index in [1.807, 2.05) is 36.4 Å². The summed E-state index contributed by atoms with van der Waals surface area (Å²) in [7, 11) is 0. The molecule has 1 N–H and O–H groups in total. The number of carbonyl (C=O) groups excluding carboxylic acids is 2. The van der Waals surface area contributed by atoms with E-state index in [9.17, 15) is 9.59 Å². The second kappa shape index (κ2) is 8.75. The minimum atomic E-state index is -0.314. The Hall–Kier alpha value is -3.76. The van der Waals surface area contributed by atoms with Crippen LogP contribution in [0.15, 0.2) is 66.1 Å². The van der Waals surface area contributed by atoms with Gasteiger partial charge in [0.05, 0.1) is 23.0 Å². The van der Waals surface area contributed by atoms with Gasteiger partial charge in [0.1, 0.15) is 0 Å². The Kier molecular flexibility index (Phi) is 5.94. The Labute approximate surface area is 166 Å². The quantitative estimate of drug-likeness (QED) is 0.658. The lowest BCUT2D eigenvalue weighted by atomic mass is 10.2. The fourth-order valence-corrected chi connectivity index (χ4v) is 3.29. The molecule has 6 nitrogen and oxygen atoms in total. The number of rotatable bonds is 5. The minimum absolute atomic E-state index is 0.144. The Balaban J connectivity index is 1.70. The number of hydrogen-bond donors (Lipinski definition) is 1. The molecule has 28 heavy (non-hydrogen) atoms. The number of para-hydroxylation sites is 1. The molecule has 0 saturated carbocycles. The highest BCUT2D eigenvalue weighted by Gasteiger charge is 2.17. The van der Waals surface area contributed by atoms with E-state index < -0.39 is 0 Å². The van der Waals surface area contributed by atoms with Crippen molar-refractivity contribution in [2.24, 2.45) is 0 Å². The molecule has 0 unspecified atom stereocenters. The zero-order chi connectivity index (χ0) is 19.9. The van der Waals surface area contributed by atoms with Gasteiger partial charge in [-0.05, 0) is 42.5 Å². The number of thiazole rings is 1. The lowest BCUT2D eigenvalue weighted by Gasteiger charge is -2.17. The fraction of sp³-hybridized carbons (Fsp3) is 0.0476. The highest BCUT2D eigenvalue weighted by Crippen LogP contribution is 2.29. The molecule has 0 atom stereocenters. The summed E-state index contributed by atoms with van der Waals surface area (Å²) >= 11 is 1.32. The van der Waals surface area contributed by atoms with Crippen LogP contribution in [0.3, 0.4) is 0 Å². The van der Waals surface area contributed by atoms with Crippen LogP contribution in [0.5, 0.6) is 0 Å². The first kappa shape index (κ1) is 19.0. The molecule has 0 aliphatic carbocycles. The van der Waals surface area contributed by atoms with Crippen LogP contribution < -0.4 is 10.2 Å². The maximum atomic E-state index is 12.1. The number of carbonyl (C=O) groups is 2. The smallest absolute Gasteiger partial charge is 0.248 e. The number of aromatic nitrogens is 1. The largest absolute Gasteiger partial charge is 0.323 e. The van der Waals surface area contributed by atoms with Gasteiger partial charge in [-0.3, -0.25) is 14.5 Å². The Morgan fingerprint density at radius 3 is 2.50 bits per heavy atom. The van der Waals surface area contributed by atoms with Crippen LogP contribution in [0.2, 0.25) is 0 Å². The monoisotopic (exact) mass is 388 g/mol. The molecular formula is C21H16N4O2S. The second-order valence-corrected chi connectivity index (χ2v) is 6.59. The van der Waals surface area contributed by atoms with Gasteiger partial charge in [0.25, 0.3) is 0 Å². The van der Waals surface area contributed by atoms with Gasteiger partial charge in [-0.1, -0.05) is 18.2 Å². The number of hydrogen-bond acceptors (Lipinski definition) is 5. The van der Waals surface area contributed by atoms with E-state index in [4.69, 9.17) is 5.26 Å². The van der Waals surface area contributed by atoms with Gasteiger partial charge >= 0.3 is 0 Å². The van der Waals surface area contributed by atoms with Gasteiger partial charge in [-0.15, -0.1) is 11.3 Å². The van der Waals surface area contributed by atoms with E-state index in [1.165, 1.54) is 29.2 Å². The molecule has 0 bridgehead atoms. The number of benzene rings is 2. The van der Waals surface area contributed by atoms with Crippen molar-refractivity contribution in [2.75, 3.05) is 10.2 Å². The van der Waals surface area contributed by atoms with Gasteiger partial charge < -0.3 is 5.32 Å². The maximum absolute atomic E-state index is 12.1. The van der Waals surface area contributed by atoms with E-state index in [-0.39, 0.29) is 11.8 Å². The second-order valence-electron chi connectivity index (χ2n) is 5.76. The van der Waals surface area contributed by atoms with Crippen molar-refractivity contribution in [3.63, 3.8) is 0 Å². The average molecular weight is 388 g/mol. The third kappa shape index (κ3) is 4.69. The summed E-state index contributed by atoms with van der Waals surface area (Å²) in [5, 5.41) is 13.8. The molecule has 138 valence electrons. The SMILES string of the molecule is CC(=O)N(c1ccccc1)c1nc(/C=C/C(=O)Nc2ccc(C#N)cc2)cs1. The first-order valence-electron chi connectivity index (χ1n) is 8.37. The number of nitrogens with zero attached hydrogens (tertiary/aromatic N) is 3. The van der Waals surface area contributed by atoms with Crippen LogP contribution in [0.1, 0.15) is 18.2 Å². The predicted molar refractivity (Wildman–Crippen MR) is 110 cm³/mol. The van der Waals surface area contributed by atoms with Crippen LogP contribution in [-0.2, 0) is 9.59 Å². The van der Waals surface area contributed by atoms with Gasteiger partial charge in [0.15, 0.2) is 5.13 Å². The lowest BCUT2D eigenvalue weighted by molar-refractivity contribution is -0.116. The molecule has 0 spiro atoms. The van der Waals surface area contributed by atoms with Gasteiger partial charge in [-0.25, -0.2) is 4.98 Å². The summed E-state index contributed by atoms with van der Waals surface area (Å²) in [4.78, 5) is 30.1.